The molecule has 24 heavy (non-hydrogen) atoms. The first kappa shape index (κ1) is 14.5. The monoisotopic (exact) mass is 328 g/mol. The molecule has 1 N–H and O–H groups in total. The van der Waals surface area contributed by atoms with Gasteiger partial charge in [0.1, 0.15) is 24.9 Å². The molecule has 0 spiro atoms. The number of nitrogens with one attached hydrogen (secondary N) is 1. The lowest BCUT2D eigenvalue weighted by Gasteiger charge is -2.28. The number of ether oxygens (including phenoxy) is 2. The van der Waals surface area contributed by atoms with Crippen molar-refractivity contribution in [3.05, 3.63) is 39.2 Å². The number of hydrogen-bond acceptors (Lipinski definition) is 4. The second-order valence-electron chi connectivity index (χ2n) is 7.17. The van der Waals surface area contributed by atoms with Crippen LogP contribution in [-0.4, -0.2) is 26.0 Å². The van der Waals surface area contributed by atoms with Crippen molar-refractivity contribution in [2.75, 3.05) is 19.9 Å². The van der Waals surface area contributed by atoms with Gasteiger partial charge in [-0.15, -0.1) is 0 Å². The number of fused-ring (bicyclic) bond motifs is 5. The number of benzene rings is 1. The first-order valence-corrected chi connectivity index (χ1v) is 8.98. The van der Waals surface area contributed by atoms with E-state index in [0.29, 0.717) is 12.8 Å². The first-order valence-electron chi connectivity index (χ1n) is 8.98. The Kier molecular flexibility index (Phi) is 3.38. The normalized spacial score (nSPS) is 25.5. The lowest BCUT2D eigenvalue weighted by molar-refractivity contribution is -0.935. The van der Waals surface area contributed by atoms with Crippen LogP contribution in [0, 0.1) is 0 Å². The van der Waals surface area contributed by atoms with E-state index in [1.807, 2.05) is 6.07 Å². The first-order chi connectivity index (χ1) is 11.8. The highest BCUT2D eigenvalue weighted by Crippen LogP contribution is 2.33. The van der Waals surface area contributed by atoms with Crippen LogP contribution < -0.4 is 15.3 Å². The molecule has 0 saturated carbocycles. The summed E-state index contributed by atoms with van der Waals surface area (Å²) in [5.74, 6) is 0.861. The molecule has 5 heteroatoms. The second kappa shape index (κ2) is 5.60. The molecule has 2 aromatic rings. The summed E-state index contributed by atoms with van der Waals surface area (Å²) in [4.78, 5) is 13.7. The van der Waals surface area contributed by atoms with Crippen molar-refractivity contribution < 1.29 is 18.8 Å². The van der Waals surface area contributed by atoms with E-state index in [0.717, 1.165) is 79.6 Å². The maximum absolute atomic E-state index is 12.3. The molecule has 1 aromatic heterocycles. The Balaban J connectivity index is 1.55. The lowest BCUT2D eigenvalue weighted by atomic mass is 10.0. The third kappa shape index (κ3) is 2.26. The zero-order valence-corrected chi connectivity index (χ0v) is 13.7. The predicted octanol–water partition coefficient (Wildman–Crippen LogP) is 1.20. The molecule has 5 nitrogen and oxygen atoms in total. The van der Waals surface area contributed by atoms with Crippen LogP contribution in [0.1, 0.15) is 36.0 Å². The minimum absolute atomic E-state index is 0.158. The highest BCUT2D eigenvalue weighted by Gasteiger charge is 2.30. The average Bonchev–Trinajstić information content (AvgIpc) is 3.27. The maximum Gasteiger partial charge on any atom is 0.339 e. The molecule has 3 aliphatic rings. The van der Waals surface area contributed by atoms with Crippen molar-refractivity contribution >= 4 is 11.0 Å². The van der Waals surface area contributed by atoms with Gasteiger partial charge in [0.05, 0.1) is 5.56 Å². The zero-order valence-electron chi connectivity index (χ0n) is 13.7. The third-order valence-electron chi connectivity index (χ3n) is 5.60. The van der Waals surface area contributed by atoms with Crippen molar-refractivity contribution in [2.24, 2.45) is 0 Å². The van der Waals surface area contributed by atoms with Crippen molar-refractivity contribution in [1.29, 1.82) is 0 Å². The van der Waals surface area contributed by atoms with Crippen LogP contribution >= 0.6 is 0 Å². The molecule has 5 rings (SSSR count). The van der Waals surface area contributed by atoms with Gasteiger partial charge in [-0.1, -0.05) is 0 Å². The Morgan fingerprint density at radius 2 is 2.04 bits per heavy atom. The van der Waals surface area contributed by atoms with E-state index in [1.165, 1.54) is 10.5 Å². The minimum Gasteiger partial charge on any atom is -0.445 e. The molecule has 1 aliphatic carbocycles. The maximum atomic E-state index is 12.3. The van der Waals surface area contributed by atoms with Gasteiger partial charge in [-0.3, -0.25) is 4.90 Å². The van der Waals surface area contributed by atoms with Gasteiger partial charge in [-0.25, -0.2) is 4.79 Å². The Hall–Kier alpha value is -1.85. The number of aryl methyl sites for hydroxylation is 1. The summed E-state index contributed by atoms with van der Waals surface area (Å²) in [5, 5.41) is 1.10. The van der Waals surface area contributed by atoms with Gasteiger partial charge in [-0.05, 0) is 49.8 Å². The average molecular weight is 328 g/mol. The van der Waals surface area contributed by atoms with E-state index in [-0.39, 0.29) is 5.63 Å². The molecule has 1 saturated heterocycles. The molecule has 1 aromatic carbocycles. The van der Waals surface area contributed by atoms with Crippen LogP contribution in [0.3, 0.4) is 0 Å². The predicted molar refractivity (Wildman–Crippen MR) is 88.5 cm³/mol. The lowest BCUT2D eigenvalue weighted by Crippen LogP contribution is -3.13. The summed E-state index contributed by atoms with van der Waals surface area (Å²) in [6.07, 6.45) is 5.48. The SMILES string of the molecule is O=c1oc2c3c(ccc2c2c1CCC2)OC[NH+](C[C@H]1CCCO1)C3. The van der Waals surface area contributed by atoms with Gasteiger partial charge >= 0.3 is 5.63 Å². The van der Waals surface area contributed by atoms with Crippen molar-refractivity contribution in [2.45, 2.75) is 44.8 Å². The van der Waals surface area contributed by atoms with Crippen molar-refractivity contribution in [1.82, 2.24) is 0 Å². The quantitative estimate of drug-likeness (QED) is 0.842. The van der Waals surface area contributed by atoms with Crippen LogP contribution in [-0.2, 0) is 24.1 Å². The molecule has 126 valence electrons. The fraction of sp³-hybridized carbons (Fsp3) is 0.526. The van der Waals surface area contributed by atoms with Crippen LogP contribution in [0.25, 0.3) is 11.0 Å². The summed E-state index contributed by atoms with van der Waals surface area (Å²) in [6.45, 7) is 3.30. The Morgan fingerprint density at radius 1 is 1.12 bits per heavy atom. The molecule has 0 amide bonds. The van der Waals surface area contributed by atoms with Crippen molar-refractivity contribution in [3.8, 4) is 5.75 Å². The van der Waals surface area contributed by atoms with E-state index < -0.39 is 0 Å². The molecule has 1 fully saturated rings. The summed E-state index contributed by atoms with van der Waals surface area (Å²) in [5.41, 5.74) is 3.69. The van der Waals surface area contributed by atoms with E-state index >= 15 is 0 Å². The topological polar surface area (TPSA) is 53.1 Å². The van der Waals surface area contributed by atoms with Gasteiger partial charge in [0.2, 0.25) is 6.73 Å². The molecule has 2 atom stereocenters. The molecule has 0 radical (unpaired) electrons. The Labute approximate surface area is 140 Å². The fourth-order valence-corrected chi connectivity index (χ4v) is 4.43. The largest absolute Gasteiger partial charge is 0.445 e. The van der Waals surface area contributed by atoms with Gasteiger partial charge < -0.3 is 13.9 Å². The van der Waals surface area contributed by atoms with Crippen LogP contribution in [0.4, 0.5) is 0 Å². The van der Waals surface area contributed by atoms with E-state index in [1.54, 1.807) is 0 Å². The fourth-order valence-electron chi connectivity index (χ4n) is 4.43. The van der Waals surface area contributed by atoms with E-state index in [4.69, 9.17) is 13.9 Å². The van der Waals surface area contributed by atoms with E-state index in [2.05, 4.69) is 6.07 Å². The highest BCUT2D eigenvalue weighted by molar-refractivity contribution is 5.86. The molecule has 1 unspecified atom stereocenters. The van der Waals surface area contributed by atoms with Gasteiger partial charge in [-0.2, -0.15) is 0 Å². The molecular formula is C19H22NO4+. The number of quaternary nitrogens is 1. The third-order valence-corrected chi connectivity index (χ3v) is 5.60. The summed E-state index contributed by atoms with van der Waals surface area (Å²) >= 11 is 0. The van der Waals surface area contributed by atoms with Crippen LogP contribution in [0.2, 0.25) is 0 Å². The van der Waals surface area contributed by atoms with Gasteiger partial charge in [0.15, 0.2) is 5.58 Å². The molecule has 3 heterocycles. The van der Waals surface area contributed by atoms with E-state index in [9.17, 15) is 4.79 Å². The number of hydrogen-bond donors (Lipinski definition) is 1. The summed E-state index contributed by atoms with van der Waals surface area (Å²) in [7, 11) is 0. The smallest absolute Gasteiger partial charge is 0.339 e. The summed E-state index contributed by atoms with van der Waals surface area (Å²) < 4.78 is 17.5. The highest BCUT2D eigenvalue weighted by atomic mass is 16.5. The number of rotatable bonds is 2. The van der Waals surface area contributed by atoms with Crippen LogP contribution in [0.15, 0.2) is 21.3 Å². The summed E-state index contributed by atoms with van der Waals surface area (Å²) in [6, 6.07) is 4.10. The molecule has 2 aliphatic heterocycles. The van der Waals surface area contributed by atoms with Gasteiger partial charge in [0, 0.05) is 17.6 Å². The molecular weight excluding hydrogens is 306 g/mol. The minimum atomic E-state index is -0.158. The van der Waals surface area contributed by atoms with Crippen molar-refractivity contribution in [3.63, 3.8) is 0 Å². The van der Waals surface area contributed by atoms with Gasteiger partial charge in [0.25, 0.3) is 0 Å². The Bertz CT molecular complexity index is 851. The zero-order chi connectivity index (χ0) is 16.1. The standard InChI is InChI=1S/C19H21NO4/c21-19-15-5-1-4-13(15)14-6-7-17-16(18(14)24-19)10-20(11-23-17)9-12-3-2-8-22-12/h6-7,12H,1-5,8-11H2/p+1/t12-/m1/s1. The molecule has 0 bridgehead atoms. The Morgan fingerprint density at radius 3 is 2.92 bits per heavy atom. The second-order valence-corrected chi connectivity index (χ2v) is 7.17. The van der Waals surface area contributed by atoms with Crippen LogP contribution in [0.5, 0.6) is 5.75 Å².